The van der Waals surface area contributed by atoms with E-state index in [-0.39, 0.29) is 30.4 Å². The molecule has 33 heavy (non-hydrogen) atoms. The third-order valence-electron chi connectivity index (χ3n) is 6.31. The maximum absolute atomic E-state index is 13.7. The quantitative estimate of drug-likeness (QED) is 0.583. The number of nitrogens with zero attached hydrogens (tertiary/aromatic N) is 3. The summed E-state index contributed by atoms with van der Waals surface area (Å²) in [6, 6.07) is 13.6. The summed E-state index contributed by atoms with van der Waals surface area (Å²) in [6.07, 6.45) is 2.84. The van der Waals surface area contributed by atoms with Gasteiger partial charge in [0.2, 0.25) is 0 Å². The van der Waals surface area contributed by atoms with E-state index in [2.05, 4.69) is 48.1 Å². The number of nitrogens with one attached hydrogen (secondary N) is 1. The Balaban J connectivity index is 1.81. The summed E-state index contributed by atoms with van der Waals surface area (Å²) in [5, 5.41) is 3.32. The Labute approximate surface area is 197 Å². The van der Waals surface area contributed by atoms with Crippen LogP contribution in [-0.4, -0.2) is 65.5 Å². The number of carbonyl (C=O) groups is 2. The van der Waals surface area contributed by atoms with Gasteiger partial charge in [-0.25, -0.2) is 4.98 Å². The van der Waals surface area contributed by atoms with E-state index in [4.69, 9.17) is 4.74 Å². The number of esters is 1. The minimum absolute atomic E-state index is 0.00368. The number of anilines is 1. The molecule has 0 bridgehead atoms. The SMILES string of the molecule is COC(=O)C[C@H]1[C@H](C)N(Cc2ccccc2)CCN1C(=O)c1cccnc1NCCC(C)C. The van der Waals surface area contributed by atoms with E-state index >= 15 is 0 Å². The van der Waals surface area contributed by atoms with Gasteiger partial charge in [-0.05, 0) is 37.0 Å². The average Bonchev–Trinajstić information content (AvgIpc) is 2.82. The number of aromatic nitrogens is 1. The molecule has 0 aliphatic carbocycles. The second kappa shape index (κ2) is 11.8. The van der Waals surface area contributed by atoms with Crippen molar-refractivity contribution in [3.05, 3.63) is 59.8 Å². The van der Waals surface area contributed by atoms with Crippen molar-refractivity contribution < 1.29 is 14.3 Å². The number of benzene rings is 1. The third-order valence-corrected chi connectivity index (χ3v) is 6.31. The molecule has 2 atom stereocenters. The standard InChI is InChI=1S/C26H36N4O3/c1-19(2)12-14-28-25-22(11-8-13-27-25)26(32)30-16-15-29(18-21-9-6-5-7-10-21)20(3)23(30)17-24(31)33-4/h5-11,13,19-20,23H,12,14-18H2,1-4H3,(H,27,28)/t20-,23-/m0/s1. The highest BCUT2D eigenvalue weighted by Gasteiger charge is 2.38. The molecular weight excluding hydrogens is 416 g/mol. The Morgan fingerprint density at radius 3 is 2.61 bits per heavy atom. The molecule has 2 aromatic rings. The lowest BCUT2D eigenvalue weighted by molar-refractivity contribution is -0.143. The van der Waals surface area contributed by atoms with Crippen LogP contribution in [0.3, 0.4) is 0 Å². The fourth-order valence-electron chi connectivity index (χ4n) is 4.29. The van der Waals surface area contributed by atoms with Crippen molar-refractivity contribution in [2.75, 3.05) is 32.1 Å². The van der Waals surface area contributed by atoms with Crippen molar-refractivity contribution in [3.63, 3.8) is 0 Å². The zero-order valence-corrected chi connectivity index (χ0v) is 20.2. The predicted octanol–water partition coefficient (Wildman–Crippen LogP) is 3.82. The van der Waals surface area contributed by atoms with Gasteiger partial charge in [-0.15, -0.1) is 0 Å². The predicted molar refractivity (Wildman–Crippen MR) is 130 cm³/mol. The zero-order valence-electron chi connectivity index (χ0n) is 20.2. The maximum atomic E-state index is 13.7. The number of piperazine rings is 1. The first-order chi connectivity index (χ1) is 15.9. The lowest BCUT2D eigenvalue weighted by Crippen LogP contribution is -2.60. The van der Waals surface area contributed by atoms with Crippen molar-refractivity contribution in [2.24, 2.45) is 5.92 Å². The van der Waals surface area contributed by atoms with E-state index in [0.29, 0.717) is 23.8 Å². The van der Waals surface area contributed by atoms with Crippen LogP contribution in [0.4, 0.5) is 5.82 Å². The molecule has 7 heteroatoms. The Hall–Kier alpha value is -2.93. The molecule has 1 amide bonds. The van der Waals surface area contributed by atoms with Crippen LogP contribution >= 0.6 is 0 Å². The van der Waals surface area contributed by atoms with Crippen molar-refractivity contribution >= 4 is 17.7 Å². The molecule has 7 nitrogen and oxygen atoms in total. The van der Waals surface area contributed by atoms with Gasteiger partial charge in [0, 0.05) is 38.4 Å². The molecule has 1 N–H and O–H groups in total. The summed E-state index contributed by atoms with van der Waals surface area (Å²) < 4.78 is 4.97. The van der Waals surface area contributed by atoms with Crippen LogP contribution in [0.5, 0.6) is 0 Å². The fourth-order valence-corrected chi connectivity index (χ4v) is 4.29. The average molecular weight is 453 g/mol. The summed E-state index contributed by atoms with van der Waals surface area (Å²) in [4.78, 5) is 34.5. The molecule has 0 unspecified atom stereocenters. The van der Waals surface area contributed by atoms with E-state index < -0.39 is 0 Å². The highest BCUT2D eigenvalue weighted by atomic mass is 16.5. The molecule has 0 saturated carbocycles. The molecule has 1 aromatic carbocycles. The van der Waals surface area contributed by atoms with Gasteiger partial charge in [0.1, 0.15) is 5.82 Å². The first-order valence-corrected chi connectivity index (χ1v) is 11.7. The number of ether oxygens (including phenoxy) is 1. The van der Waals surface area contributed by atoms with Crippen LogP contribution in [0.25, 0.3) is 0 Å². The smallest absolute Gasteiger partial charge is 0.307 e. The number of rotatable bonds is 9. The molecule has 3 rings (SSSR count). The Kier molecular flexibility index (Phi) is 8.83. The van der Waals surface area contributed by atoms with E-state index in [1.54, 1.807) is 12.3 Å². The van der Waals surface area contributed by atoms with Crippen LogP contribution in [0, 0.1) is 5.92 Å². The van der Waals surface area contributed by atoms with Gasteiger partial charge in [-0.2, -0.15) is 0 Å². The molecule has 0 radical (unpaired) electrons. The second-order valence-electron chi connectivity index (χ2n) is 9.05. The molecule has 2 heterocycles. The van der Waals surface area contributed by atoms with Crippen molar-refractivity contribution in [1.29, 1.82) is 0 Å². The van der Waals surface area contributed by atoms with Crippen LogP contribution in [-0.2, 0) is 16.1 Å². The maximum Gasteiger partial charge on any atom is 0.307 e. The first-order valence-electron chi connectivity index (χ1n) is 11.7. The zero-order chi connectivity index (χ0) is 23.8. The van der Waals surface area contributed by atoms with E-state index in [0.717, 1.165) is 26.1 Å². The number of hydrogen-bond donors (Lipinski definition) is 1. The minimum Gasteiger partial charge on any atom is -0.469 e. The number of methoxy groups -OCH3 is 1. The van der Waals surface area contributed by atoms with Crippen LogP contribution < -0.4 is 5.32 Å². The summed E-state index contributed by atoms with van der Waals surface area (Å²) in [7, 11) is 1.39. The van der Waals surface area contributed by atoms with E-state index in [9.17, 15) is 9.59 Å². The van der Waals surface area contributed by atoms with Crippen molar-refractivity contribution in [3.8, 4) is 0 Å². The van der Waals surface area contributed by atoms with Gasteiger partial charge in [0.05, 0.1) is 25.1 Å². The lowest BCUT2D eigenvalue weighted by atomic mass is 9.97. The summed E-state index contributed by atoms with van der Waals surface area (Å²) in [6.45, 7) is 9.22. The normalized spacial score (nSPS) is 18.9. The summed E-state index contributed by atoms with van der Waals surface area (Å²) in [5.74, 6) is 0.741. The van der Waals surface area contributed by atoms with Crippen LogP contribution in [0.1, 0.15) is 49.5 Å². The van der Waals surface area contributed by atoms with Crippen LogP contribution in [0.15, 0.2) is 48.7 Å². The molecule has 1 aliphatic rings. The summed E-state index contributed by atoms with van der Waals surface area (Å²) >= 11 is 0. The highest BCUT2D eigenvalue weighted by Crippen LogP contribution is 2.26. The Bertz CT molecular complexity index is 919. The van der Waals surface area contributed by atoms with Crippen molar-refractivity contribution in [2.45, 2.75) is 52.2 Å². The number of hydrogen-bond acceptors (Lipinski definition) is 6. The fraction of sp³-hybridized carbons (Fsp3) is 0.500. The van der Waals surface area contributed by atoms with Crippen LogP contribution in [0.2, 0.25) is 0 Å². The van der Waals surface area contributed by atoms with Gasteiger partial charge >= 0.3 is 5.97 Å². The van der Waals surface area contributed by atoms with E-state index in [1.165, 1.54) is 12.7 Å². The monoisotopic (exact) mass is 452 g/mol. The topological polar surface area (TPSA) is 74.8 Å². The third kappa shape index (κ3) is 6.54. The molecular formula is C26H36N4O3. The largest absolute Gasteiger partial charge is 0.469 e. The van der Waals surface area contributed by atoms with Gasteiger partial charge in [0.25, 0.3) is 5.91 Å². The van der Waals surface area contributed by atoms with Gasteiger partial charge in [0.15, 0.2) is 0 Å². The first kappa shape index (κ1) is 24.7. The Morgan fingerprint density at radius 2 is 1.91 bits per heavy atom. The van der Waals surface area contributed by atoms with Crippen molar-refractivity contribution in [1.82, 2.24) is 14.8 Å². The molecule has 0 spiro atoms. The number of pyridine rings is 1. The van der Waals surface area contributed by atoms with Gasteiger partial charge in [-0.3, -0.25) is 14.5 Å². The number of amides is 1. The lowest BCUT2D eigenvalue weighted by Gasteiger charge is -2.46. The molecule has 1 saturated heterocycles. The minimum atomic E-state index is -0.312. The molecule has 1 aliphatic heterocycles. The Morgan fingerprint density at radius 1 is 1.15 bits per heavy atom. The molecule has 1 fully saturated rings. The summed E-state index contributed by atoms with van der Waals surface area (Å²) in [5.41, 5.74) is 1.75. The molecule has 1 aromatic heterocycles. The van der Waals surface area contributed by atoms with Gasteiger partial charge < -0.3 is 15.0 Å². The number of carbonyl (C=O) groups excluding carboxylic acids is 2. The molecule has 178 valence electrons. The second-order valence-corrected chi connectivity index (χ2v) is 9.05. The van der Waals surface area contributed by atoms with Gasteiger partial charge in [-0.1, -0.05) is 44.2 Å². The highest BCUT2D eigenvalue weighted by molar-refractivity contribution is 5.99. The van der Waals surface area contributed by atoms with E-state index in [1.807, 2.05) is 29.2 Å².